The Morgan fingerprint density at radius 1 is 1.05 bits per heavy atom. The Balaban J connectivity index is 2.08. The minimum Gasteiger partial charge on any atom is -0.354 e. The maximum atomic E-state index is 11.3. The van der Waals surface area contributed by atoms with Crippen molar-refractivity contribution in [2.45, 2.75) is 13.3 Å². The van der Waals surface area contributed by atoms with Crippen LogP contribution in [0.4, 0.5) is 17.1 Å². The van der Waals surface area contributed by atoms with Crippen molar-refractivity contribution < 1.29 is 4.79 Å². The Labute approximate surface area is 127 Å². The first-order valence-electron chi connectivity index (χ1n) is 6.20. The number of halogens is 2. The molecule has 1 amide bonds. The molecule has 2 aromatic rings. The highest BCUT2D eigenvalue weighted by Crippen LogP contribution is 2.28. The van der Waals surface area contributed by atoms with Crippen molar-refractivity contribution in [3.63, 3.8) is 0 Å². The third-order valence-electron chi connectivity index (χ3n) is 2.70. The number of rotatable bonds is 4. The van der Waals surface area contributed by atoms with Gasteiger partial charge in [-0.15, -0.1) is 0 Å². The standard InChI is InChI=1S/C15H14Cl2N2O/c1-2-15(20)19-12-6-4-11(5-7-12)18-14-8-3-10(16)9-13(14)17/h3-9,18H,2H2,1H3,(H,19,20). The summed E-state index contributed by atoms with van der Waals surface area (Å²) in [5.74, 6) is -0.00791. The van der Waals surface area contributed by atoms with Crippen LogP contribution >= 0.6 is 23.2 Å². The molecule has 0 heterocycles. The van der Waals surface area contributed by atoms with Gasteiger partial charge in [0.05, 0.1) is 10.7 Å². The van der Waals surface area contributed by atoms with Crippen LogP contribution in [0.5, 0.6) is 0 Å². The van der Waals surface area contributed by atoms with E-state index in [4.69, 9.17) is 23.2 Å². The van der Waals surface area contributed by atoms with Gasteiger partial charge in [-0.25, -0.2) is 0 Å². The lowest BCUT2D eigenvalue weighted by atomic mass is 10.2. The second kappa shape index (κ2) is 6.64. The molecule has 104 valence electrons. The first-order chi connectivity index (χ1) is 9.58. The Morgan fingerprint density at radius 2 is 1.70 bits per heavy atom. The van der Waals surface area contributed by atoms with Crippen LogP contribution in [-0.4, -0.2) is 5.91 Å². The molecular weight excluding hydrogens is 295 g/mol. The number of hydrogen-bond donors (Lipinski definition) is 2. The SMILES string of the molecule is CCC(=O)Nc1ccc(Nc2ccc(Cl)cc2Cl)cc1. The molecule has 0 radical (unpaired) electrons. The van der Waals surface area contributed by atoms with Crippen LogP contribution in [0.25, 0.3) is 0 Å². The van der Waals surface area contributed by atoms with Crippen LogP contribution in [0, 0.1) is 0 Å². The van der Waals surface area contributed by atoms with E-state index in [1.807, 2.05) is 37.3 Å². The summed E-state index contributed by atoms with van der Waals surface area (Å²) in [5, 5.41) is 7.13. The average molecular weight is 309 g/mol. The van der Waals surface area contributed by atoms with E-state index >= 15 is 0 Å². The summed E-state index contributed by atoms with van der Waals surface area (Å²) in [7, 11) is 0. The van der Waals surface area contributed by atoms with E-state index in [0.29, 0.717) is 16.5 Å². The number of carbonyl (C=O) groups excluding carboxylic acids is 1. The van der Waals surface area contributed by atoms with E-state index in [1.54, 1.807) is 12.1 Å². The van der Waals surface area contributed by atoms with Gasteiger partial charge in [0.2, 0.25) is 5.91 Å². The molecule has 2 rings (SSSR count). The molecule has 3 nitrogen and oxygen atoms in total. The van der Waals surface area contributed by atoms with E-state index in [0.717, 1.165) is 17.1 Å². The molecule has 0 atom stereocenters. The molecule has 0 aliphatic heterocycles. The zero-order chi connectivity index (χ0) is 14.5. The van der Waals surface area contributed by atoms with Crippen molar-refractivity contribution in [3.8, 4) is 0 Å². The Bertz CT molecular complexity index is 612. The van der Waals surface area contributed by atoms with Crippen LogP contribution in [0.1, 0.15) is 13.3 Å². The van der Waals surface area contributed by atoms with Gasteiger partial charge in [0.25, 0.3) is 0 Å². The number of nitrogens with one attached hydrogen (secondary N) is 2. The Morgan fingerprint density at radius 3 is 2.30 bits per heavy atom. The molecule has 20 heavy (non-hydrogen) atoms. The number of anilines is 3. The summed E-state index contributed by atoms with van der Waals surface area (Å²) in [5.41, 5.74) is 2.43. The normalized spacial score (nSPS) is 10.2. The number of benzene rings is 2. The fourth-order valence-electron chi connectivity index (χ4n) is 1.63. The topological polar surface area (TPSA) is 41.1 Å². The zero-order valence-corrected chi connectivity index (χ0v) is 12.4. The molecule has 5 heteroatoms. The molecule has 0 saturated carbocycles. The second-order valence-corrected chi connectivity index (χ2v) is 5.07. The summed E-state index contributed by atoms with van der Waals surface area (Å²) in [6, 6.07) is 12.7. The maximum Gasteiger partial charge on any atom is 0.224 e. The first kappa shape index (κ1) is 14.7. The van der Waals surface area contributed by atoms with Crippen molar-refractivity contribution in [1.29, 1.82) is 0 Å². The van der Waals surface area contributed by atoms with Gasteiger partial charge in [-0.05, 0) is 42.5 Å². The summed E-state index contributed by atoms with van der Waals surface area (Å²) in [6.45, 7) is 1.81. The van der Waals surface area contributed by atoms with Gasteiger partial charge < -0.3 is 10.6 Å². The fraction of sp³-hybridized carbons (Fsp3) is 0.133. The van der Waals surface area contributed by atoms with Crippen LogP contribution in [-0.2, 0) is 4.79 Å². The Kier molecular flexibility index (Phi) is 4.88. The monoisotopic (exact) mass is 308 g/mol. The summed E-state index contributed by atoms with van der Waals surface area (Å²) in [6.07, 6.45) is 0.459. The number of hydrogen-bond acceptors (Lipinski definition) is 2. The van der Waals surface area contributed by atoms with E-state index in [2.05, 4.69) is 10.6 Å². The van der Waals surface area contributed by atoms with Gasteiger partial charge in [0.15, 0.2) is 0 Å². The molecule has 0 aliphatic carbocycles. The molecule has 2 N–H and O–H groups in total. The molecule has 2 aromatic carbocycles. The lowest BCUT2D eigenvalue weighted by molar-refractivity contribution is -0.115. The van der Waals surface area contributed by atoms with Gasteiger partial charge in [0, 0.05) is 22.8 Å². The predicted octanol–water partition coefficient (Wildman–Crippen LogP) is 5.09. The highest BCUT2D eigenvalue weighted by molar-refractivity contribution is 6.36. The van der Waals surface area contributed by atoms with Crippen LogP contribution in [0.3, 0.4) is 0 Å². The largest absolute Gasteiger partial charge is 0.354 e. The quantitative estimate of drug-likeness (QED) is 0.826. The van der Waals surface area contributed by atoms with E-state index in [1.165, 1.54) is 0 Å². The van der Waals surface area contributed by atoms with Gasteiger partial charge in [-0.2, -0.15) is 0 Å². The lowest BCUT2D eigenvalue weighted by Crippen LogP contribution is -2.09. The fourth-order valence-corrected chi connectivity index (χ4v) is 2.09. The van der Waals surface area contributed by atoms with Crippen molar-refractivity contribution in [2.24, 2.45) is 0 Å². The van der Waals surface area contributed by atoms with Crippen LogP contribution in [0.15, 0.2) is 42.5 Å². The molecule has 0 aromatic heterocycles. The van der Waals surface area contributed by atoms with E-state index < -0.39 is 0 Å². The smallest absolute Gasteiger partial charge is 0.224 e. The van der Waals surface area contributed by atoms with E-state index in [9.17, 15) is 4.79 Å². The first-order valence-corrected chi connectivity index (χ1v) is 6.96. The third-order valence-corrected chi connectivity index (χ3v) is 3.25. The van der Waals surface area contributed by atoms with Gasteiger partial charge in [-0.1, -0.05) is 30.1 Å². The minimum atomic E-state index is -0.00791. The zero-order valence-electron chi connectivity index (χ0n) is 10.9. The molecule has 0 fully saturated rings. The highest BCUT2D eigenvalue weighted by Gasteiger charge is 2.03. The lowest BCUT2D eigenvalue weighted by Gasteiger charge is -2.10. The van der Waals surface area contributed by atoms with Gasteiger partial charge in [0.1, 0.15) is 0 Å². The Hall–Kier alpha value is -1.71. The molecule has 0 unspecified atom stereocenters. The maximum absolute atomic E-state index is 11.3. The predicted molar refractivity (Wildman–Crippen MR) is 85.1 cm³/mol. The molecule has 0 bridgehead atoms. The van der Waals surface area contributed by atoms with Gasteiger partial charge in [-0.3, -0.25) is 4.79 Å². The summed E-state index contributed by atoms with van der Waals surface area (Å²) < 4.78 is 0. The van der Waals surface area contributed by atoms with Crippen molar-refractivity contribution in [1.82, 2.24) is 0 Å². The average Bonchev–Trinajstić information content (AvgIpc) is 2.44. The molecular formula is C15H14Cl2N2O. The number of carbonyl (C=O) groups is 1. The summed E-state index contributed by atoms with van der Waals surface area (Å²) in [4.78, 5) is 11.3. The molecule has 0 aliphatic rings. The van der Waals surface area contributed by atoms with Crippen molar-refractivity contribution in [3.05, 3.63) is 52.5 Å². The second-order valence-electron chi connectivity index (χ2n) is 4.23. The van der Waals surface area contributed by atoms with Crippen LogP contribution < -0.4 is 10.6 Å². The number of amides is 1. The summed E-state index contributed by atoms with van der Waals surface area (Å²) >= 11 is 11.9. The minimum absolute atomic E-state index is 0.00791. The van der Waals surface area contributed by atoms with Gasteiger partial charge >= 0.3 is 0 Å². The third kappa shape index (κ3) is 3.89. The molecule has 0 saturated heterocycles. The molecule has 0 spiro atoms. The highest BCUT2D eigenvalue weighted by atomic mass is 35.5. The van der Waals surface area contributed by atoms with Crippen molar-refractivity contribution >= 4 is 46.2 Å². The van der Waals surface area contributed by atoms with Crippen LogP contribution in [0.2, 0.25) is 10.0 Å². The van der Waals surface area contributed by atoms with E-state index in [-0.39, 0.29) is 5.91 Å². The van der Waals surface area contributed by atoms with Crippen molar-refractivity contribution in [2.75, 3.05) is 10.6 Å².